The van der Waals surface area contributed by atoms with Crippen LogP contribution < -0.4 is 10.2 Å². The average Bonchev–Trinajstić information content (AvgIpc) is 2.85. The second kappa shape index (κ2) is 5.02. The van der Waals surface area contributed by atoms with Crippen molar-refractivity contribution in [1.82, 2.24) is 20.3 Å². The van der Waals surface area contributed by atoms with Crippen molar-refractivity contribution >= 4 is 23.1 Å². The number of hydrogen-bond acceptors (Lipinski definition) is 6. The largest absolute Gasteiger partial charge is 0.305 e. The summed E-state index contributed by atoms with van der Waals surface area (Å²) < 4.78 is 0. The third-order valence-electron chi connectivity index (χ3n) is 3.15. The van der Waals surface area contributed by atoms with Gasteiger partial charge in [0.1, 0.15) is 18.2 Å². The van der Waals surface area contributed by atoms with Gasteiger partial charge in [0, 0.05) is 19.2 Å². The molecule has 2 aromatic heterocycles. The highest BCUT2D eigenvalue weighted by Crippen LogP contribution is 2.29. The first-order valence-corrected chi connectivity index (χ1v) is 6.86. The Kier molecular flexibility index (Phi) is 3.22. The molecule has 0 spiro atoms. The lowest BCUT2D eigenvalue weighted by molar-refractivity contribution is -0.120. The lowest BCUT2D eigenvalue weighted by atomic mass is 10.2. The van der Waals surface area contributed by atoms with Crippen molar-refractivity contribution in [1.29, 1.82) is 0 Å². The maximum Gasteiger partial charge on any atom is 0.250 e. The number of nitrogens with one attached hydrogen (secondary N) is 1. The molecule has 1 amide bonds. The lowest BCUT2D eigenvalue weighted by Gasteiger charge is -2.22. The minimum absolute atomic E-state index is 0.00389. The quantitative estimate of drug-likeness (QED) is 0.877. The molecule has 3 heterocycles. The molecule has 1 aliphatic rings. The predicted octanol–water partition coefficient (Wildman–Crippen LogP) is 0.783. The molecule has 0 saturated carbocycles. The minimum atomic E-state index is -0.347. The lowest BCUT2D eigenvalue weighted by Crippen LogP contribution is -2.39. The number of anilines is 1. The number of carbonyl (C=O) groups excluding carboxylic acids is 1. The van der Waals surface area contributed by atoms with Gasteiger partial charge >= 0.3 is 0 Å². The predicted molar refractivity (Wildman–Crippen MR) is 72.0 cm³/mol. The van der Waals surface area contributed by atoms with Crippen molar-refractivity contribution < 1.29 is 4.79 Å². The van der Waals surface area contributed by atoms with Gasteiger partial charge < -0.3 is 5.32 Å². The molecular formula is C12H13N5OS. The third-order valence-corrected chi connectivity index (χ3v) is 4.09. The number of fused-ring (bicyclic) bond motifs is 1. The Bertz CT molecular complexity index is 585. The zero-order valence-electron chi connectivity index (χ0n) is 10.4. The number of thiazole rings is 1. The summed E-state index contributed by atoms with van der Waals surface area (Å²) in [6.45, 7) is 0.588. The van der Waals surface area contributed by atoms with Crippen LogP contribution in [0.2, 0.25) is 0 Å². The van der Waals surface area contributed by atoms with Gasteiger partial charge in [0.15, 0.2) is 0 Å². The summed E-state index contributed by atoms with van der Waals surface area (Å²) in [6.07, 6.45) is 3.84. The molecule has 19 heavy (non-hydrogen) atoms. The van der Waals surface area contributed by atoms with Crippen LogP contribution in [-0.2, 0) is 11.2 Å². The van der Waals surface area contributed by atoms with Gasteiger partial charge in [0.2, 0.25) is 0 Å². The Morgan fingerprint density at radius 3 is 3.11 bits per heavy atom. The van der Waals surface area contributed by atoms with Crippen molar-refractivity contribution in [2.45, 2.75) is 12.5 Å². The van der Waals surface area contributed by atoms with Crippen molar-refractivity contribution in [3.63, 3.8) is 0 Å². The molecule has 0 saturated heterocycles. The summed E-state index contributed by atoms with van der Waals surface area (Å²) in [7, 11) is 1.79. The van der Waals surface area contributed by atoms with E-state index < -0.39 is 0 Å². The van der Waals surface area contributed by atoms with Crippen LogP contribution in [0.1, 0.15) is 16.6 Å². The van der Waals surface area contributed by atoms with E-state index in [1.54, 1.807) is 29.7 Å². The Morgan fingerprint density at radius 1 is 1.47 bits per heavy atom. The molecule has 1 aliphatic heterocycles. The summed E-state index contributed by atoms with van der Waals surface area (Å²) in [5.74, 6) is 0.639. The number of hydrogen-bond donors (Lipinski definition) is 1. The van der Waals surface area contributed by atoms with E-state index in [0.717, 1.165) is 17.0 Å². The minimum Gasteiger partial charge on any atom is -0.305 e. The van der Waals surface area contributed by atoms with E-state index in [1.165, 1.54) is 17.7 Å². The summed E-state index contributed by atoms with van der Waals surface area (Å²) in [5.41, 5.74) is 2.79. The van der Waals surface area contributed by atoms with Crippen molar-refractivity contribution in [2.75, 3.05) is 18.5 Å². The van der Waals surface area contributed by atoms with Crippen LogP contribution in [0.4, 0.5) is 5.82 Å². The molecule has 1 unspecified atom stereocenters. The van der Waals surface area contributed by atoms with E-state index in [2.05, 4.69) is 20.3 Å². The van der Waals surface area contributed by atoms with Crippen LogP contribution in [0, 0.1) is 0 Å². The van der Waals surface area contributed by atoms with Gasteiger partial charge in [-0.05, 0) is 13.1 Å². The van der Waals surface area contributed by atoms with Crippen LogP contribution in [0.5, 0.6) is 0 Å². The fourth-order valence-electron chi connectivity index (χ4n) is 2.22. The van der Waals surface area contributed by atoms with E-state index in [4.69, 9.17) is 0 Å². The summed E-state index contributed by atoms with van der Waals surface area (Å²) in [5, 5.41) is 3.07. The summed E-state index contributed by atoms with van der Waals surface area (Å²) in [6, 6.07) is 1.40. The molecule has 0 bridgehead atoms. The maximum absolute atomic E-state index is 12.6. The number of rotatable bonds is 2. The third kappa shape index (κ3) is 2.11. The van der Waals surface area contributed by atoms with E-state index in [0.29, 0.717) is 12.4 Å². The smallest absolute Gasteiger partial charge is 0.250 e. The summed E-state index contributed by atoms with van der Waals surface area (Å²) >= 11 is 1.52. The van der Waals surface area contributed by atoms with Gasteiger partial charge in [-0.25, -0.2) is 15.0 Å². The first kappa shape index (κ1) is 12.2. The SMILES string of the molecule is CNC1C(=O)N(c2ccncn2)CCc2ncsc21. The number of aromatic nitrogens is 3. The van der Waals surface area contributed by atoms with Crippen LogP contribution in [0.3, 0.4) is 0 Å². The zero-order valence-corrected chi connectivity index (χ0v) is 11.2. The second-order valence-corrected chi connectivity index (χ2v) is 5.08. The first-order chi connectivity index (χ1) is 9.31. The molecule has 7 heteroatoms. The van der Waals surface area contributed by atoms with Crippen LogP contribution in [0.25, 0.3) is 0 Å². The fraction of sp³-hybridized carbons (Fsp3) is 0.333. The highest BCUT2D eigenvalue weighted by Gasteiger charge is 2.32. The van der Waals surface area contributed by atoms with Crippen molar-refractivity contribution in [2.24, 2.45) is 0 Å². The van der Waals surface area contributed by atoms with Gasteiger partial charge in [-0.1, -0.05) is 0 Å². The van der Waals surface area contributed by atoms with Gasteiger partial charge in [-0.15, -0.1) is 11.3 Å². The number of carbonyl (C=O) groups is 1. The Morgan fingerprint density at radius 2 is 2.37 bits per heavy atom. The average molecular weight is 275 g/mol. The monoisotopic (exact) mass is 275 g/mol. The molecule has 6 nitrogen and oxygen atoms in total. The number of nitrogens with zero attached hydrogens (tertiary/aromatic N) is 4. The van der Waals surface area contributed by atoms with E-state index >= 15 is 0 Å². The number of amides is 1. The Balaban J connectivity index is 1.99. The zero-order chi connectivity index (χ0) is 13.2. The molecule has 0 aliphatic carbocycles. The molecule has 3 rings (SSSR count). The molecule has 0 radical (unpaired) electrons. The van der Waals surface area contributed by atoms with Crippen molar-refractivity contribution in [3.8, 4) is 0 Å². The molecular weight excluding hydrogens is 262 g/mol. The fourth-order valence-corrected chi connectivity index (χ4v) is 3.16. The highest BCUT2D eigenvalue weighted by molar-refractivity contribution is 7.10. The molecule has 98 valence electrons. The molecule has 1 atom stereocenters. The highest BCUT2D eigenvalue weighted by atomic mass is 32.1. The van der Waals surface area contributed by atoms with Gasteiger partial charge in [0.05, 0.1) is 16.1 Å². The Labute approximate surface area is 114 Å². The Hall–Kier alpha value is -1.86. The topological polar surface area (TPSA) is 71.0 Å². The van der Waals surface area contributed by atoms with Gasteiger partial charge in [-0.2, -0.15) is 0 Å². The van der Waals surface area contributed by atoms with E-state index in [-0.39, 0.29) is 11.9 Å². The number of likely N-dealkylation sites (N-methyl/N-ethyl adjacent to an activating group) is 1. The maximum atomic E-state index is 12.6. The summed E-state index contributed by atoms with van der Waals surface area (Å²) in [4.78, 5) is 27.7. The normalized spacial score (nSPS) is 19.1. The van der Waals surface area contributed by atoms with Crippen LogP contribution >= 0.6 is 11.3 Å². The van der Waals surface area contributed by atoms with E-state index in [1.807, 2.05) is 0 Å². The molecule has 0 aromatic carbocycles. The second-order valence-electron chi connectivity index (χ2n) is 4.19. The van der Waals surface area contributed by atoms with E-state index in [9.17, 15) is 4.79 Å². The van der Waals surface area contributed by atoms with Crippen LogP contribution in [-0.4, -0.2) is 34.5 Å². The van der Waals surface area contributed by atoms with Gasteiger partial charge in [-0.3, -0.25) is 9.69 Å². The molecule has 2 aromatic rings. The van der Waals surface area contributed by atoms with Crippen molar-refractivity contribution in [3.05, 3.63) is 34.7 Å². The first-order valence-electron chi connectivity index (χ1n) is 5.98. The van der Waals surface area contributed by atoms with Crippen LogP contribution in [0.15, 0.2) is 24.1 Å². The molecule has 0 fully saturated rings. The van der Waals surface area contributed by atoms with Gasteiger partial charge in [0.25, 0.3) is 5.91 Å². The molecule has 1 N–H and O–H groups in total. The standard InChI is InChI=1S/C12H13N5OS/c1-13-10-11-8(16-7-19-11)3-5-17(12(10)18)9-2-4-14-6-15-9/h2,4,6-7,10,13H,3,5H2,1H3.